The second-order valence-electron chi connectivity index (χ2n) is 32.7. The molecule has 0 saturated carbocycles. The van der Waals surface area contributed by atoms with E-state index in [-0.39, 0.29) is 90.0 Å². The molecule has 14 N–H and O–H groups in total. The van der Waals surface area contributed by atoms with Crippen LogP contribution < -0.4 is 45.9 Å². The quantitative estimate of drug-likeness (QED) is 0.0146. The summed E-state index contributed by atoms with van der Waals surface area (Å²) in [6, 6.07) is 27.8. The number of halogens is 2. The van der Waals surface area contributed by atoms with Crippen LogP contribution in [0.1, 0.15) is 73.0 Å². The van der Waals surface area contributed by atoms with Crippen molar-refractivity contribution < 1.29 is 126 Å². The number of imide groups is 1. The average molecular weight is 1870 g/mol. The lowest BCUT2D eigenvalue weighted by atomic mass is 9.96. The number of amides is 7. The topological polar surface area (TPSA) is 527 Å². The Kier molecular flexibility index (Phi) is 33.4. The Balaban J connectivity index is 0.684. The van der Waals surface area contributed by atoms with Crippen LogP contribution in [0.4, 0.5) is 14.9 Å². The Hall–Kier alpha value is -11.7. The number of para-hydroxylation sites is 2. The number of hydrogen-bond acceptors (Lipinski definition) is 31. The van der Waals surface area contributed by atoms with E-state index in [1.165, 1.54) is 36.0 Å². The minimum absolute atomic E-state index is 0.000426. The number of aliphatic carboxylic acids is 1. The number of likely N-dealkylation sites (N-methyl/N-ethyl adjacent to an activating group) is 1. The lowest BCUT2D eigenvalue weighted by molar-refractivity contribution is -0.926. The van der Waals surface area contributed by atoms with E-state index in [2.05, 4.69) is 58.5 Å². The highest BCUT2D eigenvalue weighted by Gasteiger charge is 2.51. The number of carbonyl (C=O) groups is 7. The normalized spacial score (nSPS) is 20.9. The summed E-state index contributed by atoms with van der Waals surface area (Å²) in [4.78, 5) is 114. The number of carboxylic acid groups (broad SMARTS) is 1. The Morgan fingerprint density at radius 2 is 1.48 bits per heavy atom. The van der Waals surface area contributed by atoms with Crippen molar-refractivity contribution in [2.45, 2.75) is 152 Å². The third-order valence-electron chi connectivity index (χ3n) is 23.1. The number of ether oxygens (including phenoxy) is 9. The molecule has 0 bridgehead atoms. The van der Waals surface area contributed by atoms with Crippen molar-refractivity contribution in [2.75, 3.05) is 98.3 Å². The summed E-state index contributed by atoms with van der Waals surface area (Å²) in [5, 5.41) is 105. The molecule has 0 aliphatic carbocycles. The first-order valence-corrected chi connectivity index (χ1v) is 44.0. The Morgan fingerprint density at radius 1 is 0.742 bits per heavy atom. The van der Waals surface area contributed by atoms with E-state index < -0.39 is 146 Å². The van der Waals surface area contributed by atoms with Crippen molar-refractivity contribution in [1.29, 1.82) is 0 Å². The van der Waals surface area contributed by atoms with Gasteiger partial charge in [0.2, 0.25) is 29.7 Å². The molecule has 4 aromatic heterocycles. The molecule has 39 nitrogen and oxygen atoms in total. The average Bonchev–Trinajstić information content (AvgIpc) is 1.57. The number of benzene rings is 5. The van der Waals surface area contributed by atoms with Crippen molar-refractivity contribution in [3.05, 3.63) is 185 Å². The number of carboxylic acids is 1. The van der Waals surface area contributed by atoms with Crippen LogP contribution in [0, 0.1) is 18.7 Å². The van der Waals surface area contributed by atoms with Crippen LogP contribution in [0.3, 0.4) is 0 Å². The fraction of sp³-hybridized carbons (Fsp3) is 0.433. The summed E-state index contributed by atoms with van der Waals surface area (Å²) in [7, 11) is 3.69. The van der Waals surface area contributed by atoms with E-state index in [0.717, 1.165) is 27.3 Å². The van der Waals surface area contributed by atoms with Crippen molar-refractivity contribution in [3.8, 4) is 56.1 Å². The smallest absolute Gasteiger partial charge is 0.345 e. The molecule has 4 aliphatic rings. The molecule has 704 valence electrons. The third kappa shape index (κ3) is 24.2. The number of nitrogens with zero attached hydrogens (tertiary/aromatic N) is 10. The van der Waals surface area contributed by atoms with Gasteiger partial charge in [-0.2, -0.15) is 0 Å². The van der Waals surface area contributed by atoms with Gasteiger partial charge >= 0.3 is 12.0 Å². The molecular formula is C90H106ClFN15O24S+. The fourth-order valence-corrected chi connectivity index (χ4v) is 17.1. The zero-order valence-electron chi connectivity index (χ0n) is 72.8. The van der Waals surface area contributed by atoms with Crippen LogP contribution in [0.25, 0.3) is 43.2 Å². The highest BCUT2D eigenvalue weighted by molar-refractivity contribution is 7.22. The number of aromatic nitrogens is 7. The van der Waals surface area contributed by atoms with Crippen molar-refractivity contribution in [3.63, 3.8) is 0 Å². The predicted octanol–water partition coefficient (Wildman–Crippen LogP) is 4.04. The van der Waals surface area contributed by atoms with Crippen LogP contribution in [-0.4, -0.2) is 298 Å². The zero-order valence-corrected chi connectivity index (χ0v) is 74.4. The summed E-state index contributed by atoms with van der Waals surface area (Å²) in [6.45, 7) is 7.07. The molecule has 8 heterocycles. The molecule has 0 radical (unpaired) electrons. The first kappa shape index (κ1) is 97.8. The number of carbonyl (C=O) groups excluding carboxylic acids is 6. The molecule has 13 atom stereocenters. The third-order valence-corrected chi connectivity index (χ3v) is 24.7. The number of anilines is 1. The lowest BCUT2D eigenvalue weighted by Crippen LogP contribution is -2.63. The molecule has 3 saturated heterocycles. The van der Waals surface area contributed by atoms with Gasteiger partial charge in [-0.1, -0.05) is 85.3 Å². The van der Waals surface area contributed by atoms with Crippen molar-refractivity contribution in [2.24, 2.45) is 11.7 Å². The molecule has 3 fully saturated rings. The molecule has 0 spiro atoms. The number of hydrogen-bond donors (Lipinski definition) is 13. The number of fused-ring (bicyclic) bond motifs is 1. The minimum Gasteiger partial charge on any atom is -0.496 e. The van der Waals surface area contributed by atoms with Gasteiger partial charge in [-0.05, 0) is 108 Å². The fourth-order valence-electron chi connectivity index (χ4n) is 15.8. The number of methoxy groups -OCH3 is 1. The summed E-state index contributed by atoms with van der Waals surface area (Å²) < 4.78 is 70.2. The minimum atomic E-state index is -1.88. The Bertz CT molecular complexity index is 5560. The van der Waals surface area contributed by atoms with Gasteiger partial charge in [0, 0.05) is 79.1 Å². The Labute approximate surface area is 766 Å². The number of nitrogens with two attached hydrogens (primary N) is 1. The van der Waals surface area contributed by atoms with Gasteiger partial charge in [0.25, 0.3) is 11.8 Å². The maximum absolute atomic E-state index is 14.7. The van der Waals surface area contributed by atoms with Gasteiger partial charge in [0.15, 0.2) is 18.3 Å². The molecule has 13 rings (SSSR count). The van der Waals surface area contributed by atoms with Gasteiger partial charge in [-0.3, -0.25) is 33.8 Å². The number of piperazine rings is 1. The highest BCUT2D eigenvalue weighted by Crippen LogP contribution is 2.50. The number of aliphatic hydroxyl groups is 7. The molecule has 42 heteroatoms. The van der Waals surface area contributed by atoms with Crippen LogP contribution in [0.15, 0.2) is 140 Å². The summed E-state index contributed by atoms with van der Waals surface area (Å²) in [6.07, 6.45) is -11.7. The lowest BCUT2D eigenvalue weighted by Gasteiger charge is -2.45. The number of primary amides is 1. The van der Waals surface area contributed by atoms with Crippen LogP contribution in [0.5, 0.6) is 23.1 Å². The van der Waals surface area contributed by atoms with Crippen molar-refractivity contribution >= 4 is 80.4 Å². The van der Waals surface area contributed by atoms with E-state index in [1.807, 2.05) is 43.3 Å². The summed E-state index contributed by atoms with van der Waals surface area (Å²) in [5.74, 6) is -3.26. The van der Waals surface area contributed by atoms with E-state index >= 15 is 0 Å². The molecule has 5 aromatic carbocycles. The second kappa shape index (κ2) is 45.1. The van der Waals surface area contributed by atoms with Crippen molar-refractivity contribution in [1.82, 2.24) is 60.7 Å². The van der Waals surface area contributed by atoms with Crippen LogP contribution in [0.2, 0.25) is 5.02 Å². The number of nitrogens with one attached hydrogen (secondary N) is 4. The standard InChI is InChI=1S/C90H105ClFN15O24S/c1-49(2)74(101-68(110)27-36-124-37-33-105-69(111)24-25-70(105)112)84(119)100-61(13-10-28-95-90(93)122)83(118)99-56-21-18-53(54(39-56)45-125-46-58-41-106(103-102-58)87-78(116)77(115)80(67(44-109)129-87)131-89-79(117)76(114)75(113)66(43-108)130-89)42-107(4)34-30-104(31-35-107)32-38-126-64-23-22-59(50(3)73(64)91)71-72-85(96-48-97-86(72)132-81(71)51-16-19-55(92)20-17-51)128-65(88(120)121)40-52-11-6-8-14-62(52)127-47-57-26-29-94-82(98-57)60-12-7-9-15-63(60)123-5/h6-9,11-12,14-26,29,39,41,48-49,61,65-67,74-80,87,89,108-109,113-117H,10,13,27-28,30-38,40,42-47H2,1-5H3,(H6-,93,95,99,100,101,110,118,119,120,121,122)/p+1/t61?,65-,66-,67-,74?,75+,76+,77-,78-,79-,80-,87-,89+/m1/s1. The number of rotatable bonds is 43. The van der Waals surface area contributed by atoms with E-state index in [4.69, 9.17) is 65.0 Å². The molecule has 4 aliphatic heterocycles. The molecule has 2 unspecified atom stereocenters. The molecule has 132 heavy (non-hydrogen) atoms. The predicted molar refractivity (Wildman–Crippen MR) is 472 cm³/mol. The van der Waals surface area contributed by atoms with E-state index in [1.54, 1.807) is 87.8 Å². The van der Waals surface area contributed by atoms with E-state index in [9.17, 15) is 78.8 Å². The first-order chi connectivity index (χ1) is 63.5. The largest absolute Gasteiger partial charge is 0.496 e. The number of aliphatic hydroxyl groups excluding tert-OH is 7. The maximum atomic E-state index is 14.7. The van der Waals surface area contributed by atoms with Gasteiger partial charge in [0.1, 0.15) is 121 Å². The number of thiophene rings is 1. The van der Waals surface area contributed by atoms with Gasteiger partial charge in [-0.15, -0.1) is 16.4 Å². The van der Waals surface area contributed by atoms with E-state index in [0.29, 0.717) is 137 Å². The monoisotopic (exact) mass is 1870 g/mol. The molecular weight excluding hydrogens is 1760 g/mol. The SMILES string of the molecule is COc1ccccc1-c1nccc(COc2ccccc2C[C@@H](Oc2ncnc3sc(-c4ccc(F)cc4)c(-c4ccc(OCCN5CC[N+](C)(Cc6ccc(NC(=O)C(CCCNC(N)=O)NC(=O)C(NC(=O)CCOCCN7C(=O)C=CC7=O)C(C)C)cc6COCc6cn([C@@H]7O[C@H](CO)[C@@H](O[C@@H]8O[C@H](CO)[C@H](O)[C@H](O)[C@H]8O)[C@H](O)[C@H]7O)nn6)CC5)c(Cl)c4C)c23)C(=O)O)n1. The zero-order chi connectivity index (χ0) is 94.0. The maximum Gasteiger partial charge on any atom is 0.345 e. The van der Waals surface area contributed by atoms with Gasteiger partial charge in [-0.25, -0.2) is 38.6 Å². The van der Waals surface area contributed by atoms with Crippen LogP contribution >= 0.6 is 22.9 Å². The second-order valence-corrected chi connectivity index (χ2v) is 34.1. The Morgan fingerprint density at radius 3 is 2.21 bits per heavy atom. The number of quaternary nitrogens is 1. The van der Waals surface area contributed by atoms with Gasteiger partial charge < -0.3 is 115 Å². The summed E-state index contributed by atoms with van der Waals surface area (Å²) in [5.41, 5.74) is 11.5. The number of urea groups is 1. The first-order valence-electron chi connectivity index (χ1n) is 42.8. The highest BCUT2D eigenvalue weighted by atomic mass is 35.5. The van der Waals surface area contributed by atoms with Gasteiger partial charge in [0.05, 0.1) is 101 Å². The van der Waals surface area contributed by atoms with Crippen LogP contribution in [-0.2, 0) is 85.2 Å². The summed E-state index contributed by atoms with van der Waals surface area (Å²) >= 11 is 8.63. The molecule has 7 amide bonds. The molecule has 9 aromatic rings.